The average molecular weight is 553 g/mol. The number of pyridine rings is 1. The molecule has 0 aliphatic carbocycles. The normalized spacial score (nSPS) is 15.8. The van der Waals surface area contributed by atoms with Crippen molar-refractivity contribution in [2.75, 3.05) is 18.8 Å². The van der Waals surface area contributed by atoms with Crippen LogP contribution in [0.1, 0.15) is 28.9 Å². The monoisotopic (exact) mass is 552 g/mol. The quantitative estimate of drug-likeness (QED) is 0.310. The van der Waals surface area contributed by atoms with E-state index in [0.29, 0.717) is 34.5 Å². The van der Waals surface area contributed by atoms with Gasteiger partial charge in [-0.2, -0.15) is 0 Å². The minimum absolute atomic E-state index is 0.0219. The average Bonchev–Trinajstić information content (AvgIpc) is 3.42. The lowest BCUT2D eigenvalue weighted by Gasteiger charge is -2.32. The van der Waals surface area contributed by atoms with Gasteiger partial charge in [-0.25, -0.2) is 27.3 Å². The molecule has 3 aromatic heterocycles. The Hall–Kier alpha value is -4.57. The smallest absolute Gasteiger partial charge is 0.269 e. The van der Waals surface area contributed by atoms with Crippen LogP contribution in [-0.2, 0) is 16.4 Å². The summed E-state index contributed by atoms with van der Waals surface area (Å²) in [5.41, 5.74) is 9.78. The number of likely N-dealkylation sites (tertiary alicyclic amines) is 1. The zero-order chi connectivity index (χ0) is 27.7. The first-order valence-electron chi connectivity index (χ1n) is 13.1. The maximum absolute atomic E-state index is 13.1. The lowest BCUT2D eigenvalue weighted by atomic mass is 9.92. The minimum atomic E-state index is -3.76. The topological polar surface area (TPSA) is 124 Å². The van der Waals surface area contributed by atoms with E-state index < -0.39 is 10.0 Å². The van der Waals surface area contributed by atoms with Crippen LogP contribution in [0.4, 0.5) is 5.69 Å². The largest absolute Gasteiger partial charge is 0.399 e. The Bertz CT molecular complexity index is 1790. The Morgan fingerprint density at radius 3 is 2.58 bits per heavy atom. The fraction of sp³-hybridized carbons (Fsp3) is 0.200. The molecule has 0 bridgehead atoms. The number of nitrogens with zero attached hydrogens (tertiary/aromatic N) is 5. The van der Waals surface area contributed by atoms with Crippen LogP contribution in [0.2, 0.25) is 0 Å². The first kappa shape index (κ1) is 25.7. The van der Waals surface area contributed by atoms with Gasteiger partial charge in [0, 0.05) is 53.4 Å². The number of amides is 1. The number of hydrogen-bond donors (Lipinski definition) is 1. The van der Waals surface area contributed by atoms with Gasteiger partial charge in [0.2, 0.25) is 0 Å². The van der Waals surface area contributed by atoms with Crippen LogP contribution in [-0.4, -0.2) is 51.2 Å². The molecular formula is C30H28N6O3S. The van der Waals surface area contributed by atoms with Crippen molar-refractivity contribution in [3.05, 3.63) is 103 Å². The van der Waals surface area contributed by atoms with Crippen molar-refractivity contribution in [3.8, 4) is 11.3 Å². The van der Waals surface area contributed by atoms with Crippen molar-refractivity contribution < 1.29 is 13.2 Å². The summed E-state index contributed by atoms with van der Waals surface area (Å²) in [5.74, 6) is 0.306. The Kier molecular flexibility index (Phi) is 6.77. The lowest BCUT2D eigenvalue weighted by Crippen LogP contribution is -2.40. The number of benzene rings is 2. The molecule has 1 aliphatic rings. The first-order chi connectivity index (χ1) is 19.4. The molecular weight excluding hydrogens is 524 g/mol. The number of hydrogen-bond acceptors (Lipinski definition) is 7. The third-order valence-electron chi connectivity index (χ3n) is 7.27. The van der Waals surface area contributed by atoms with Crippen LogP contribution in [0, 0.1) is 5.92 Å². The second-order valence-corrected chi connectivity index (χ2v) is 11.9. The summed E-state index contributed by atoms with van der Waals surface area (Å²) in [6, 6.07) is 20.9. The number of fused-ring (bicyclic) bond motifs is 1. The maximum atomic E-state index is 13.1. The van der Waals surface area contributed by atoms with E-state index in [0.717, 1.165) is 37.1 Å². The van der Waals surface area contributed by atoms with Crippen molar-refractivity contribution in [2.45, 2.75) is 24.2 Å². The minimum Gasteiger partial charge on any atom is -0.399 e. The van der Waals surface area contributed by atoms with Gasteiger partial charge in [-0.1, -0.05) is 18.2 Å². The molecule has 1 fully saturated rings. The summed E-state index contributed by atoms with van der Waals surface area (Å²) in [5, 5.41) is 0.696. The van der Waals surface area contributed by atoms with E-state index in [4.69, 9.17) is 5.73 Å². The van der Waals surface area contributed by atoms with Gasteiger partial charge < -0.3 is 10.6 Å². The maximum Gasteiger partial charge on any atom is 0.269 e. The fourth-order valence-electron chi connectivity index (χ4n) is 5.23. The molecule has 202 valence electrons. The first-order valence-corrected chi connectivity index (χ1v) is 14.6. The molecule has 1 unspecified atom stereocenters. The molecule has 1 saturated heterocycles. The lowest BCUT2D eigenvalue weighted by molar-refractivity contribution is 0.0673. The van der Waals surface area contributed by atoms with E-state index in [2.05, 4.69) is 15.0 Å². The van der Waals surface area contributed by atoms with Crippen molar-refractivity contribution in [1.29, 1.82) is 0 Å². The highest BCUT2D eigenvalue weighted by atomic mass is 32.2. The second-order valence-electron chi connectivity index (χ2n) is 10.0. The van der Waals surface area contributed by atoms with Gasteiger partial charge in [0.25, 0.3) is 15.9 Å². The van der Waals surface area contributed by atoms with E-state index in [1.807, 2.05) is 17.0 Å². The van der Waals surface area contributed by atoms with Crippen LogP contribution >= 0.6 is 0 Å². The van der Waals surface area contributed by atoms with Gasteiger partial charge >= 0.3 is 0 Å². The molecule has 6 rings (SSSR count). The van der Waals surface area contributed by atoms with Gasteiger partial charge in [0.05, 0.1) is 10.6 Å². The highest BCUT2D eigenvalue weighted by Crippen LogP contribution is 2.27. The summed E-state index contributed by atoms with van der Waals surface area (Å²) in [4.78, 5) is 28.6. The Labute approximate surface area is 232 Å². The predicted octanol–water partition coefficient (Wildman–Crippen LogP) is 4.41. The Balaban J connectivity index is 1.19. The van der Waals surface area contributed by atoms with Gasteiger partial charge in [0.1, 0.15) is 6.33 Å². The van der Waals surface area contributed by atoms with Gasteiger partial charge in [-0.15, -0.1) is 0 Å². The zero-order valence-corrected chi connectivity index (χ0v) is 22.5. The molecule has 0 spiro atoms. The highest BCUT2D eigenvalue weighted by Gasteiger charge is 2.25. The van der Waals surface area contributed by atoms with Crippen molar-refractivity contribution in [3.63, 3.8) is 0 Å². The molecule has 5 aromatic rings. The van der Waals surface area contributed by atoms with E-state index in [9.17, 15) is 13.2 Å². The molecule has 2 N–H and O–H groups in total. The molecule has 1 aliphatic heterocycles. The SMILES string of the molecule is Nc1ccc(C(=O)N2CCCC(Cc3cc(-c4cnc5c(ccn5S(=O)(=O)c5ccccc5)c4)ncn3)C2)cc1. The summed E-state index contributed by atoms with van der Waals surface area (Å²) in [7, 11) is -3.76. The number of carbonyl (C=O) groups excluding carboxylic acids is 1. The zero-order valence-electron chi connectivity index (χ0n) is 21.7. The van der Waals surface area contributed by atoms with Crippen LogP contribution in [0.3, 0.4) is 0 Å². The molecule has 1 atom stereocenters. The van der Waals surface area contributed by atoms with Crippen molar-refractivity contribution >= 4 is 32.7 Å². The number of carbonyl (C=O) groups is 1. The van der Waals surface area contributed by atoms with E-state index in [1.165, 1.54) is 10.2 Å². The predicted molar refractivity (Wildman–Crippen MR) is 153 cm³/mol. The van der Waals surface area contributed by atoms with E-state index in [-0.39, 0.29) is 16.7 Å². The molecule has 9 nitrogen and oxygen atoms in total. The molecule has 2 aromatic carbocycles. The Morgan fingerprint density at radius 2 is 1.77 bits per heavy atom. The van der Waals surface area contributed by atoms with Crippen LogP contribution in [0.25, 0.3) is 22.3 Å². The summed E-state index contributed by atoms with van der Waals surface area (Å²) < 4.78 is 27.5. The highest BCUT2D eigenvalue weighted by molar-refractivity contribution is 7.90. The molecule has 10 heteroatoms. The van der Waals surface area contributed by atoms with E-state index >= 15 is 0 Å². The van der Waals surface area contributed by atoms with Gasteiger partial charge in [-0.3, -0.25) is 4.79 Å². The summed E-state index contributed by atoms with van der Waals surface area (Å²) >= 11 is 0. The van der Waals surface area contributed by atoms with E-state index in [1.54, 1.807) is 73.2 Å². The number of nitrogen functional groups attached to an aromatic ring is 1. The second kappa shape index (κ2) is 10.5. The number of piperidine rings is 1. The molecule has 0 radical (unpaired) electrons. The molecule has 4 heterocycles. The van der Waals surface area contributed by atoms with Crippen molar-refractivity contribution in [2.24, 2.45) is 5.92 Å². The Morgan fingerprint density at radius 1 is 0.975 bits per heavy atom. The molecule has 40 heavy (non-hydrogen) atoms. The number of rotatable bonds is 6. The van der Waals surface area contributed by atoms with Crippen molar-refractivity contribution in [1.82, 2.24) is 23.8 Å². The van der Waals surface area contributed by atoms with Gasteiger partial charge in [0.15, 0.2) is 5.65 Å². The third kappa shape index (κ3) is 5.05. The molecule has 0 saturated carbocycles. The third-order valence-corrected chi connectivity index (χ3v) is 8.95. The molecule has 1 amide bonds. The number of aromatic nitrogens is 4. The number of nitrogens with two attached hydrogens (primary N) is 1. The van der Waals surface area contributed by atoms with Crippen LogP contribution < -0.4 is 5.73 Å². The van der Waals surface area contributed by atoms with Crippen LogP contribution in [0.5, 0.6) is 0 Å². The summed E-state index contributed by atoms with van der Waals surface area (Å²) in [6.07, 6.45) is 7.38. The standard InChI is InChI=1S/C30H28N6O3S/c31-25-10-8-22(9-11-25)30(37)35-13-4-5-21(19-35)15-26-17-28(34-20-33-26)24-16-23-12-14-36(29(23)32-18-24)40(38,39)27-6-2-1-3-7-27/h1-3,6-12,14,16-18,20-21H,4-5,13,15,19,31H2. The van der Waals surface area contributed by atoms with Crippen LogP contribution in [0.15, 0.2) is 96.4 Å². The summed E-state index contributed by atoms with van der Waals surface area (Å²) in [6.45, 7) is 1.40. The number of anilines is 1. The fourth-order valence-corrected chi connectivity index (χ4v) is 6.56. The van der Waals surface area contributed by atoms with Gasteiger partial charge in [-0.05, 0) is 79.8 Å².